The molecule has 5 heteroatoms. The van der Waals surface area contributed by atoms with Crippen molar-refractivity contribution < 1.29 is 14.6 Å². The van der Waals surface area contributed by atoms with Crippen molar-refractivity contribution in [3.05, 3.63) is 34.9 Å². The number of carbonyl (C=O) groups is 1. The molecule has 0 bridgehead atoms. The van der Waals surface area contributed by atoms with Crippen molar-refractivity contribution in [2.24, 2.45) is 5.73 Å². The molecule has 3 N–H and O–H groups in total. The van der Waals surface area contributed by atoms with Crippen LogP contribution in [0.15, 0.2) is 24.3 Å². The van der Waals surface area contributed by atoms with Crippen LogP contribution in [0, 0.1) is 0 Å². The molecular formula is C11H14ClNO3. The molecule has 0 spiro atoms. The zero-order valence-corrected chi connectivity index (χ0v) is 9.48. The Morgan fingerprint density at radius 2 is 2.06 bits per heavy atom. The maximum Gasteiger partial charge on any atom is 0.323 e. The number of hydrogen-bond acceptors (Lipinski definition) is 4. The number of benzene rings is 1. The van der Waals surface area contributed by atoms with Crippen LogP contribution >= 0.6 is 11.6 Å². The standard InChI is InChI=1S/C11H14ClNO3/c12-9-3-1-8(2-4-9)7-16-11(15)10(13)5-6-14/h1-4,10,14H,5-7,13H2/t10-/m0/s1. The first-order valence-electron chi connectivity index (χ1n) is 4.91. The highest BCUT2D eigenvalue weighted by molar-refractivity contribution is 6.30. The smallest absolute Gasteiger partial charge is 0.323 e. The molecule has 0 aliphatic carbocycles. The second-order valence-corrected chi connectivity index (χ2v) is 3.79. The van der Waals surface area contributed by atoms with E-state index in [-0.39, 0.29) is 19.6 Å². The summed E-state index contributed by atoms with van der Waals surface area (Å²) >= 11 is 5.71. The molecule has 0 amide bonds. The summed E-state index contributed by atoms with van der Waals surface area (Å²) in [5, 5.41) is 9.23. The van der Waals surface area contributed by atoms with Gasteiger partial charge in [0, 0.05) is 11.6 Å². The Hall–Kier alpha value is -1.10. The molecule has 0 fully saturated rings. The fraction of sp³-hybridized carbons (Fsp3) is 0.364. The van der Waals surface area contributed by atoms with Gasteiger partial charge in [-0.25, -0.2) is 0 Å². The van der Waals surface area contributed by atoms with E-state index in [2.05, 4.69) is 0 Å². The Morgan fingerprint density at radius 1 is 1.44 bits per heavy atom. The van der Waals surface area contributed by atoms with E-state index in [0.717, 1.165) is 5.56 Å². The lowest BCUT2D eigenvalue weighted by atomic mass is 10.2. The number of hydrogen-bond donors (Lipinski definition) is 2. The predicted molar refractivity (Wildman–Crippen MR) is 60.9 cm³/mol. The monoisotopic (exact) mass is 243 g/mol. The minimum atomic E-state index is -0.766. The third-order valence-electron chi connectivity index (χ3n) is 2.04. The van der Waals surface area contributed by atoms with Gasteiger partial charge in [-0.15, -0.1) is 0 Å². The molecule has 0 saturated heterocycles. The minimum absolute atomic E-state index is 0.128. The summed E-state index contributed by atoms with van der Waals surface area (Å²) in [5.74, 6) is -0.510. The van der Waals surface area contributed by atoms with Crippen molar-refractivity contribution in [3.63, 3.8) is 0 Å². The highest BCUT2D eigenvalue weighted by Gasteiger charge is 2.13. The van der Waals surface area contributed by atoms with E-state index in [4.69, 9.17) is 27.2 Å². The molecule has 0 unspecified atom stereocenters. The van der Waals surface area contributed by atoms with Crippen LogP contribution in [0.4, 0.5) is 0 Å². The summed E-state index contributed by atoms with van der Waals surface area (Å²) in [7, 11) is 0. The maximum atomic E-state index is 11.3. The second-order valence-electron chi connectivity index (χ2n) is 3.35. The van der Waals surface area contributed by atoms with Crippen molar-refractivity contribution in [2.45, 2.75) is 19.1 Å². The Balaban J connectivity index is 2.39. The maximum absolute atomic E-state index is 11.3. The number of esters is 1. The SMILES string of the molecule is N[C@@H](CCO)C(=O)OCc1ccc(Cl)cc1. The van der Waals surface area contributed by atoms with E-state index < -0.39 is 12.0 Å². The first kappa shape index (κ1) is 13.0. The van der Waals surface area contributed by atoms with Crippen molar-refractivity contribution >= 4 is 17.6 Å². The van der Waals surface area contributed by atoms with E-state index in [9.17, 15) is 4.79 Å². The number of ether oxygens (including phenoxy) is 1. The van der Waals surface area contributed by atoms with Gasteiger partial charge in [0.1, 0.15) is 12.6 Å². The first-order valence-corrected chi connectivity index (χ1v) is 5.29. The van der Waals surface area contributed by atoms with E-state index in [1.165, 1.54) is 0 Å². The molecule has 0 heterocycles. The molecule has 1 aromatic rings. The molecule has 0 aliphatic heterocycles. The van der Waals surface area contributed by atoms with Gasteiger partial charge in [0.15, 0.2) is 0 Å². The molecule has 1 aromatic carbocycles. The third-order valence-corrected chi connectivity index (χ3v) is 2.29. The number of rotatable bonds is 5. The van der Waals surface area contributed by atoms with Gasteiger partial charge >= 0.3 is 5.97 Å². The largest absolute Gasteiger partial charge is 0.460 e. The fourth-order valence-electron chi connectivity index (χ4n) is 1.10. The number of carbonyl (C=O) groups excluding carboxylic acids is 1. The highest BCUT2D eigenvalue weighted by Crippen LogP contribution is 2.10. The van der Waals surface area contributed by atoms with E-state index >= 15 is 0 Å². The van der Waals surface area contributed by atoms with Gasteiger partial charge < -0.3 is 15.6 Å². The van der Waals surface area contributed by atoms with Crippen LogP contribution in [0.3, 0.4) is 0 Å². The molecule has 0 saturated carbocycles. The average Bonchev–Trinajstić information content (AvgIpc) is 2.28. The Bertz CT molecular complexity index is 340. The molecule has 1 atom stereocenters. The van der Waals surface area contributed by atoms with Gasteiger partial charge in [-0.2, -0.15) is 0 Å². The lowest BCUT2D eigenvalue weighted by Crippen LogP contribution is -2.33. The summed E-state index contributed by atoms with van der Waals surface area (Å²) in [6.45, 7) is 0.0341. The van der Waals surface area contributed by atoms with E-state index in [1.54, 1.807) is 24.3 Å². The van der Waals surface area contributed by atoms with Gasteiger partial charge in [0.2, 0.25) is 0 Å². The summed E-state index contributed by atoms with van der Waals surface area (Å²) < 4.78 is 4.96. The Kier molecular flexibility index (Phi) is 5.25. The molecule has 88 valence electrons. The Morgan fingerprint density at radius 3 is 2.62 bits per heavy atom. The fourth-order valence-corrected chi connectivity index (χ4v) is 1.23. The molecule has 16 heavy (non-hydrogen) atoms. The van der Waals surface area contributed by atoms with Gasteiger partial charge in [-0.1, -0.05) is 23.7 Å². The topological polar surface area (TPSA) is 72.5 Å². The van der Waals surface area contributed by atoms with Crippen LogP contribution in [0.1, 0.15) is 12.0 Å². The second kappa shape index (κ2) is 6.48. The summed E-state index contributed by atoms with van der Waals surface area (Å²) in [4.78, 5) is 11.3. The molecule has 0 aromatic heterocycles. The quantitative estimate of drug-likeness (QED) is 0.760. The molecule has 4 nitrogen and oxygen atoms in total. The van der Waals surface area contributed by atoms with E-state index in [1.807, 2.05) is 0 Å². The zero-order valence-electron chi connectivity index (χ0n) is 8.73. The van der Waals surface area contributed by atoms with Gasteiger partial charge in [0.25, 0.3) is 0 Å². The summed E-state index contributed by atoms with van der Waals surface area (Å²) in [6, 6.07) is 6.22. The van der Waals surface area contributed by atoms with Crippen LogP contribution in [0.5, 0.6) is 0 Å². The van der Waals surface area contributed by atoms with E-state index in [0.29, 0.717) is 5.02 Å². The predicted octanol–water partition coefficient (Wildman–Crippen LogP) is 1.09. The van der Waals surface area contributed by atoms with Crippen LogP contribution in [-0.2, 0) is 16.1 Å². The minimum Gasteiger partial charge on any atom is -0.460 e. The summed E-state index contributed by atoms with van der Waals surface area (Å²) in [5.41, 5.74) is 6.30. The lowest BCUT2D eigenvalue weighted by molar-refractivity contribution is -0.146. The zero-order chi connectivity index (χ0) is 12.0. The highest BCUT2D eigenvalue weighted by atomic mass is 35.5. The van der Waals surface area contributed by atoms with Crippen molar-refractivity contribution in [1.82, 2.24) is 0 Å². The van der Waals surface area contributed by atoms with Crippen LogP contribution in [-0.4, -0.2) is 23.7 Å². The molecular weight excluding hydrogens is 230 g/mol. The van der Waals surface area contributed by atoms with Crippen molar-refractivity contribution in [2.75, 3.05) is 6.61 Å². The van der Waals surface area contributed by atoms with Crippen LogP contribution in [0.25, 0.3) is 0 Å². The number of aliphatic hydroxyl groups excluding tert-OH is 1. The number of nitrogens with two attached hydrogens (primary N) is 1. The molecule has 1 rings (SSSR count). The number of aliphatic hydroxyl groups is 1. The lowest BCUT2D eigenvalue weighted by Gasteiger charge is -2.10. The third kappa shape index (κ3) is 4.18. The van der Waals surface area contributed by atoms with Crippen LogP contribution in [0.2, 0.25) is 5.02 Å². The van der Waals surface area contributed by atoms with Crippen molar-refractivity contribution in [3.8, 4) is 0 Å². The van der Waals surface area contributed by atoms with Crippen molar-refractivity contribution in [1.29, 1.82) is 0 Å². The normalized spacial score (nSPS) is 12.2. The van der Waals surface area contributed by atoms with Gasteiger partial charge in [-0.3, -0.25) is 4.79 Å². The first-order chi connectivity index (χ1) is 7.63. The van der Waals surface area contributed by atoms with Gasteiger partial charge in [-0.05, 0) is 24.1 Å². The van der Waals surface area contributed by atoms with Crippen LogP contribution < -0.4 is 5.73 Å². The molecule has 0 radical (unpaired) electrons. The Labute approximate surface area is 99.0 Å². The van der Waals surface area contributed by atoms with Gasteiger partial charge in [0.05, 0.1) is 0 Å². The average molecular weight is 244 g/mol. The summed E-state index contributed by atoms with van der Waals surface area (Å²) in [6.07, 6.45) is 0.208. The molecule has 0 aliphatic rings. The number of halogens is 1.